The van der Waals surface area contributed by atoms with Crippen LogP contribution in [0.5, 0.6) is 0 Å². The molecule has 6 nitrogen and oxygen atoms in total. The van der Waals surface area contributed by atoms with Crippen LogP contribution in [0.3, 0.4) is 0 Å². The highest BCUT2D eigenvalue weighted by Crippen LogP contribution is 2.32. The van der Waals surface area contributed by atoms with Gasteiger partial charge in [-0.25, -0.2) is 9.97 Å². The molecule has 1 N–H and O–H groups in total. The van der Waals surface area contributed by atoms with Gasteiger partial charge < -0.3 is 14.8 Å². The van der Waals surface area contributed by atoms with E-state index >= 15 is 0 Å². The SMILES string of the molecule is CN(C)c1nc2c(c(N3CCc4nc[nH]c4C3)n1)CCCC2. The van der Waals surface area contributed by atoms with Gasteiger partial charge in [0, 0.05) is 32.6 Å². The molecule has 116 valence electrons. The molecule has 0 radical (unpaired) electrons. The Kier molecular flexibility index (Phi) is 3.24. The van der Waals surface area contributed by atoms with Gasteiger partial charge in [-0.05, 0) is 25.7 Å². The lowest BCUT2D eigenvalue weighted by Crippen LogP contribution is -2.33. The number of rotatable bonds is 2. The minimum atomic E-state index is 0.825. The summed E-state index contributed by atoms with van der Waals surface area (Å²) in [7, 11) is 4.02. The minimum absolute atomic E-state index is 0.825. The standard InChI is InChI=1S/C16H22N6/c1-21(2)16-19-12-6-4-3-5-11(12)15(20-16)22-8-7-13-14(9-22)18-10-17-13/h10H,3-9H2,1-2H3,(H,17,18). The third-order valence-electron chi connectivity index (χ3n) is 4.62. The Bertz CT molecular complexity index is 690. The summed E-state index contributed by atoms with van der Waals surface area (Å²) in [6.07, 6.45) is 7.44. The van der Waals surface area contributed by atoms with Gasteiger partial charge in [0.25, 0.3) is 0 Å². The van der Waals surface area contributed by atoms with Crippen LogP contribution in [0.1, 0.15) is 35.5 Å². The first-order valence-electron chi connectivity index (χ1n) is 8.05. The van der Waals surface area contributed by atoms with Crippen LogP contribution in [0, 0.1) is 0 Å². The third kappa shape index (κ3) is 2.23. The van der Waals surface area contributed by atoms with Crippen molar-refractivity contribution >= 4 is 11.8 Å². The van der Waals surface area contributed by atoms with Gasteiger partial charge in [-0.3, -0.25) is 0 Å². The molecular weight excluding hydrogens is 276 g/mol. The number of anilines is 2. The van der Waals surface area contributed by atoms with E-state index in [0.717, 1.165) is 44.1 Å². The molecule has 22 heavy (non-hydrogen) atoms. The normalized spacial score (nSPS) is 17.1. The third-order valence-corrected chi connectivity index (χ3v) is 4.62. The zero-order chi connectivity index (χ0) is 15.1. The molecule has 0 aromatic carbocycles. The van der Waals surface area contributed by atoms with Gasteiger partial charge in [0.05, 0.1) is 30.0 Å². The van der Waals surface area contributed by atoms with E-state index in [0.29, 0.717) is 0 Å². The maximum absolute atomic E-state index is 4.87. The Morgan fingerprint density at radius 3 is 2.82 bits per heavy atom. The predicted octanol–water partition coefficient (Wildman–Crippen LogP) is 1.71. The van der Waals surface area contributed by atoms with E-state index in [1.54, 1.807) is 6.33 Å². The lowest BCUT2D eigenvalue weighted by Gasteiger charge is -2.31. The molecule has 1 aliphatic carbocycles. The summed E-state index contributed by atoms with van der Waals surface area (Å²) in [5.74, 6) is 1.96. The Hall–Kier alpha value is -2.11. The summed E-state index contributed by atoms with van der Waals surface area (Å²) in [6, 6.07) is 0. The summed E-state index contributed by atoms with van der Waals surface area (Å²) in [6.45, 7) is 1.85. The van der Waals surface area contributed by atoms with Gasteiger partial charge in [0.2, 0.25) is 5.95 Å². The Morgan fingerprint density at radius 2 is 1.95 bits per heavy atom. The van der Waals surface area contributed by atoms with E-state index < -0.39 is 0 Å². The van der Waals surface area contributed by atoms with Crippen molar-refractivity contribution in [2.24, 2.45) is 0 Å². The lowest BCUT2D eigenvalue weighted by atomic mass is 9.95. The van der Waals surface area contributed by atoms with Crippen LogP contribution in [0.15, 0.2) is 6.33 Å². The number of H-pyrrole nitrogens is 1. The number of imidazole rings is 1. The lowest BCUT2D eigenvalue weighted by molar-refractivity contribution is 0.641. The summed E-state index contributed by atoms with van der Waals surface area (Å²) >= 11 is 0. The second-order valence-corrected chi connectivity index (χ2v) is 6.37. The summed E-state index contributed by atoms with van der Waals surface area (Å²) < 4.78 is 0. The molecule has 1 aliphatic heterocycles. The fourth-order valence-electron chi connectivity index (χ4n) is 3.42. The van der Waals surface area contributed by atoms with Crippen LogP contribution in [0.2, 0.25) is 0 Å². The second kappa shape index (κ2) is 5.26. The first-order valence-corrected chi connectivity index (χ1v) is 8.05. The van der Waals surface area contributed by atoms with Crippen LogP contribution in [0.25, 0.3) is 0 Å². The Labute approximate surface area is 130 Å². The average Bonchev–Trinajstić information content (AvgIpc) is 3.01. The van der Waals surface area contributed by atoms with E-state index in [1.165, 1.54) is 35.5 Å². The highest BCUT2D eigenvalue weighted by atomic mass is 15.3. The Morgan fingerprint density at radius 1 is 1.09 bits per heavy atom. The van der Waals surface area contributed by atoms with Gasteiger partial charge in [-0.2, -0.15) is 4.98 Å². The molecule has 0 amide bonds. The largest absolute Gasteiger partial charge is 0.350 e. The molecule has 3 heterocycles. The van der Waals surface area contributed by atoms with E-state index in [2.05, 4.69) is 14.9 Å². The van der Waals surface area contributed by atoms with Crippen LogP contribution in [-0.4, -0.2) is 40.6 Å². The number of nitrogens with zero attached hydrogens (tertiary/aromatic N) is 5. The molecule has 0 bridgehead atoms. The van der Waals surface area contributed by atoms with Gasteiger partial charge in [-0.15, -0.1) is 0 Å². The molecule has 4 rings (SSSR count). The fourth-order valence-corrected chi connectivity index (χ4v) is 3.42. The smallest absolute Gasteiger partial charge is 0.227 e. The topological polar surface area (TPSA) is 60.9 Å². The van der Waals surface area contributed by atoms with Crippen molar-refractivity contribution in [2.45, 2.75) is 38.6 Å². The number of hydrogen-bond donors (Lipinski definition) is 1. The molecule has 0 fully saturated rings. The average molecular weight is 298 g/mol. The van der Waals surface area contributed by atoms with E-state index in [4.69, 9.17) is 9.97 Å². The summed E-state index contributed by atoms with van der Waals surface area (Å²) in [4.78, 5) is 21.7. The molecule has 0 spiro atoms. The first-order chi connectivity index (χ1) is 10.7. The van der Waals surface area contributed by atoms with Crippen LogP contribution in [-0.2, 0) is 25.8 Å². The van der Waals surface area contributed by atoms with Crippen molar-refractivity contribution in [3.8, 4) is 0 Å². The molecule has 0 saturated carbocycles. The maximum atomic E-state index is 4.87. The van der Waals surface area contributed by atoms with E-state index in [-0.39, 0.29) is 0 Å². The quantitative estimate of drug-likeness (QED) is 0.914. The van der Waals surface area contributed by atoms with Crippen molar-refractivity contribution < 1.29 is 0 Å². The molecule has 0 saturated heterocycles. The number of hydrogen-bond acceptors (Lipinski definition) is 5. The minimum Gasteiger partial charge on any atom is -0.350 e. The molecule has 2 aromatic heterocycles. The number of nitrogens with one attached hydrogen (secondary N) is 1. The Balaban J connectivity index is 1.75. The molecular formula is C16H22N6. The van der Waals surface area contributed by atoms with Gasteiger partial charge in [-0.1, -0.05) is 0 Å². The molecule has 2 aromatic rings. The molecule has 2 aliphatic rings. The van der Waals surface area contributed by atoms with Crippen molar-refractivity contribution in [2.75, 3.05) is 30.4 Å². The molecule has 0 atom stereocenters. The highest BCUT2D eigenvalue weighted by Gasteiger charge is 2.25. The fraction of sp³-hybridized carbons (Fsp3) is 0.562. The van der Waals surface area contributed by atoms with E-state index in [1.807, 2.05) is 19.0 Å². The van der Waals surface area contributed by atoms with Crippen molar-refractivity contribution in [1.82, 2.24) is 19.9 Å². The van der Waals surface area contributed by atoms with Gasteiger partial charge in [0.15, 0.2) is 0 Å². The van der Waals surface area contributed by atoms with Gasteiger partial charge >= 0.3 is 0 Å². The van der Waals surface area contributed by atoms with Crippen LogP contribution in [0.4, 0.5) is 11.8 Å². The number of aromatic amines is 1. The zero-order valence-corrected chi connectivity index (χ0v) is 13.3. The molecule has 6 heteroatoms. The van der Waals surface area contributed by atoms with Crippen LogP contribution >= 0.6 is 0 Å². The number of fused-ring (bicyclic) bond motifs is 2. The van der Waals surface area contributed by atoms with Crippen LogP contribution < -0.4 is 9.80 Å². The second-order valence-electron chi connectivity index (χ2n) is 6.37. The van der Waals surface area contributed by atoms with E-state index in [9.17, 15) is 0 Å². The van der Waals surface area contributed by atoms with Crippen molar-refractivity contribution in [3.63, 3.8) is 0 Å². The monoisotopic (exact) mass is 298 g/mol. The molecule has 0 unspecified atom stereocenters. The zero-order valence-electron chi connectivity index (χ0n) is 13.3. The number of aryl methyl sites for hydroxylation is 1. The van der Waals surface area contributed by atoms with Crippen molar-refractivity contribution in [3.05, 3.63) is 29.0 Å². The maximum Gasteiger partial charge on any atom is 0.227 e. The summed E-state index contributed by atoms with van der Waals surface area (Å²) in [5, 5.41) is 0. The highest BCUT2D eigenvalue weighted by molar-refractivity contribution is 5.55. The van der Waals surface area contributed by atoms with Crippen molar-refractivity contribution in [1.29, 1.82) is 0 Å². The first kappa shape index (κ1) is 13.5. The van der Waals surface area contributed by atoms with Gasteiger partial charge in [0.1, 0.15) is 5.82 Å². The predicted molar refractivity (Wildman–Crippen MR) is 86.3 cm³/mol. The summed E-state index contributed by atoms with van der Waals surface area (Å²) in [5.41, 5.74) is 5.03. The number of aromatic nitrogens is 4.